The highest BCUT2D eigenvalue weighted by Gasteiger charge is 2.18. The minimum absolute atomic E-state index is 0.163. The Labute approximate surface area is 163 Å². The fourth-order valence-electron chi connectivity index (χ4n) is 3.28. The molecule has 3 rings (SSSR count). The number of para-hydroxylation sites is 1. The molecule has 1 heterocycles. The van der Waals surface area contributed by atoms with Gasteiger partial charge in [-0.15, -0.1) is 0 Å². The first-order valence-electron chi connectivity index (χ1n) is 9.45. The number of hydrogen-bond donors (Lipinski definition) is 1. The lowest BCUT2D eigenvalue weighted by Gasteiger charge is -2.18. The van der Waals surface area contributed by atoms with E-state index in [1.165, 1.54) is 9.13 Å². The largest absolute Gasteiger partial charge is 0.332 e. The lowest BCUT2D eigenvalue weighted by atomic mass is 10.1. The third-order valence-corrected chi connectivity index (χ3v) is 5.29. The number of nitrogens with zero attached hydrogens (tertiary/aromatic N) is 2. The van der Waals surface area contributed by atoms with Crippen molar-refractivity contribution < 1.29 is 4.79 Å². The molecule has 0 saturated heterocycles. The molecule has 6 nitrogen and oxygen atoms in total. The van der Waals surface area contributed by atoms with E-state index in [1.807, 2.05) is 45.9 Å². The van der Waals surface area contributed by atoms with Crippen molar-refractivity contribution in [2.24, 2.45) is 0 Å². The monoisotopic (exact) mass is 379 g/mol. The average molecular weight is 379 g/mol. The zero-order valence-electron chi connectivity index (χ0n) is 16.7. The quantitative estimate of drug-likeness (QED) is 0.738. The van der Waals surface area contributed by atoms with E-state index >= 15 is 0 Å². The van der Waals surface area contributed by atoms with Gasteiger partial charge in [0.15, 0.2) is 0 Å². The molecule has 0 spiro atoms. The number of nitrogens with one attached hydrogen (secondary N) is 1. The van der Waals surface area contributed by atoms with Gasteiger partial charge in [0.05, 0.1) is 10.9 Å². The van der Waals surface area contributed by atoms with E-state index < -0.39 is 5.69 Å². The molecule has 1 N–H and O–H groups in total. The molecule has 2 aromatic carbocycles. The summed E-state index contributed by atoms with van der Waals surface area (Å²) in [5, 5.41) is 3.32. The fourth-order valence-corrected chi connectivity index (χ4v) is 3.28. The van der Waals surface area contributed by atoms with Crippen molar-refractivity contribution in [3.8, 4) is 0 Å². The summed E-state index contributed by atoms with van der Waals surface area (Å²) in [7, 11) is 0. The molecule has 3 aromatic rings. The number of hydrogen-bond acceptors (Lipinski definition) is 3. The minimum Gasteiger partial charge on any atom is -0.324 e. The molecule has 6 heteroatoms. The van der Waals surface area contributed by atoms with Gasteiger partial charge in [0.25, 0.3) is 5.56 Å². The van der Waals surface area contributed by atoms with Gasteiger partial charge in [-0.2, -0.15) is 0 Å². The van der Waals surface area contributed by atoms with Crippen LogP contribution in [0.25, 0.3) is 10.9 Å². The van der Waals surface area contributed by atoms with Crippen LogP contribution >= 0.6 is 0 Å². The molecule has 146 valence electrons. The Hall–Kier alpha value is -3.15. The molecule has 0 bridgehead atoms. The molecule has 0 saturated carbocycles. The van der Waals surface area contributed by atoms with Gasteiger partial charge in [0, 0.05) is 11.7 Å². The zero-order chi connectivity index (χ0) is 20.4. The molecule has 0 aliphatic rings. The summed E-state index contributed by atoms with van der Waals surface area (Å²) in [4.78, 5) is 38.6. The predicted molar refractivity (Wildman–Crippen MR) is 112 cm³/mol. The number of amides is 1. The highest BCUT2D eigenvalue weighted by molar-refractivity contribution is 5.92. The Morgan fingerprint density at radius 3 is 2.50 bits per heavy atom. The van der Waals surface area contributed by atoms with E-state index in [2.05, 4.69) is 5.32 Å². The number of rotatable bonds is 5. The van der Waals surface area contributed by atoms with Crippen LogP contribution in [0.5, 0.6) is 0 Å². The first kappa shape index (κ1) is 19.6. The average Bonchev–Trinajstić information content (AvgIpc) is 2.68. The van der Waals surface area contributed by atoms with E-state index in [0.29, 0.717) is 17.3 Å². The number of carbonyl (C=O) groups excluding carboxylic acids is 1. The minimum atomic E-state index is -0.464. The Morgan fingerprint density at radius 2 is 1.79 bits per heavy atom. The molecular formula is C22H25N3O3. The third-order valence-electron chi connectivity index (χ3n) is 5.29. The van der Waals surface area contributed by atoms with Crippen LogP contribution in [-0.2, 0) is 11.3 Å². The topological polar surface area (TPSA) is 73.1 Å². The van der Waals surface area contributed by atoms with Gasteiger partial charge >= 0.3 is 5.69 Å². The molecule has 0 radical (unpaired) electrons. The molecule has 28 heavy (non-hydrogen) atoms. The highest BCUT2D eigenvalue weighted by atomic mass is 16.2. The van der Waals surface area contributed by atoms with E-state index in [9.17, 15) is 14.4 Å². The molecule has 1 aromatic heterocycles. The SMILES string of the molecule is CC[C@H](C)n1c(=O)c2ccccc2n(CC(=O)Nc2cccc(C)c2C)c1=O. The van der Waals surface area contributed by atoms with E-state index in [4.69, 9.17) is 0 Å². The smallest absolute Gasteiger partial charge is 0.324 e. The van der Waals surface area contributed by atoms with Gasteiger partial charge in [-0.1, -0.05) is 31.2 Å². The number of aryl methyl sites for hydroxylation is 1. The summed E-state index contributed by atoms with van der Waals surface area (Å²) in [6.07, 6.45) is 0.641. The Balaban J connectivity index is 2.07. The van der Waals surface area contributed by atoms with Crippen LogP contribution in [0.4, 0.5) is 5.69 Å². The van der Waals surface area contributed by atoms with Crippen LogP contribution in [0.15, 0.2) is 52.1 Å². The molecule has 0 unspecified atom stereocenters. The molecule has 0 fully saturated rings. The maximum absolute atomic E-state index is 13.1. The number of carbonyl (C=O) groups is 1. The van der Waals surface area contributed by atoms with Crippen LogP contribution in [-0.4, -0.2) is 15.0 Å². The van der Waals surface area contributed by atoms with Crippen molar-refractivity contribution in [2.45, 2.75) is 46.7 Å². The van der Waals surface area contributed by atoms with Crippen LogP contribution in [0.1, 0.15) is 37.4 Å². The second kappa shape index (κ2) is 7.84. The Kier molecular flexibility index (Phi) is 5.49. The van der Waals surface area contributed by atoms with Gasteiger partial charge in [0.1, 0.15) is 6.54 Å². The van der Waals surface area contributed by atoms with Crippen molar-refractivity contribution in [2.75, 3.05) is 5.32 Å². The highest BCUT2D eigenvalue weighted by Crippen LogP contribution is 2.18. The van der Waals surface area contributed by atoms with Gasteiger partial charge in [0.2, 0.25) is 5.91 Å². The van der Waals surface area contributed by atoms with Gasteiger partial charge in [-0.3, -0.25) is 18.7 Å². The normalized spacial score (nSPS) is 12.1. The van der Waals surface area contributed by atoms with Crippen molar-refractivity contribution in [3.05, 3.63) is 74.4 Å². The first-order chi connectivity index (χ1) is 13.3. The molecular weight excluding hydrogens is 354 g/mol. The third kappa shape index (κ3) is 3.50. The van der Waals surface area contributed by atoms with E-state index in [1.54, 1.807) is 24.3 Å². The van der Waals surface area contributed by atoms with Crippen molar-refractivity contribution in [1.82, 2.24) is 9.13 Å². The summed E-state index contributed by atoms with van der Waals surface area (Å²) in [5.41, 5.74) is 2.46. The number of benzene rings is 2. The fraction of sp³-hybridized carbons (Fsp3) is 0.318. The van der Waals surface area contributed by atoms with Crippen molar-refractivity contribution in [1.29, 1.82) is 0 Å². The number of aromatic nitrogens is 2. The summed E-state index contributed by atoms with van der Waals surface area (Å²) in [6, 6.07) is 12.3. The Bertz CT molecular complexity index is 1160. The summed E-state index contributed by atoms with van der Waals surface area (Å²) in [5.74, 6) is -0.310. The van der Waals surface area contributed by atoms with Crippen LogP contribution in [0.3, 0.4) is 0 Å². The van der Waals surface area contributed by atoms with Gasteiger partial charge in [-0.25, -0.2) is 4.79 Å². The molecule has 1 atom stereocenters. The van der Waals surface area contributed by atoms with Crippen LogP contribution in [0.2, 0.25) is 0 Å². The van der Waals surface area contributed by atoms with Crippen molar-refractivity contribution in [3.63, 3.8) is 0 Å². The maximum Gasteiger partial charge on any atom is 0.332 e. The summed E-state index contributed by atoms with van der Waals surface area (Å²) < 4.78 is 2.62. The van der Waals surface area contributed by atoms with E-state index in [0.717, 1.165) is 16.8 Å². The Morgan fingerprint density at radius 1 is 1.07 bits per heavy atom. The van der Waals surface area contributed by atoms with Gasteiger partial charge in [-0.05, 0) is 56.5 Å². The van der Waals surface area contributed by atoms with E-state index in [-0.39, 0.29) is 24.1 Å². The number of fused-ring (bicyclic) bond motifs is 1. The molecule has 1 amide bonds. The second-order valence-corrected chi connectivity index (χ2v) is 7.11. The second-order valence-electron chi connectivity index (χ2n) is 7.11. The van der Waals surface area contributed by atoms with Crippen LogP contribution in [0, 0.1) is 13.8 Å². The zero-order valence-corrected chi connectivity index (χ0v) is 16.7. The first-order valence-corrected chi connectivity index (χ1v) is 9.45. The summed E-state index contributed by atoms with van der Waals surface area (Å²) >= 11 is 0. The number of anilines is 1. The van der Waals surface area contributed by atoms with Gasteiger partial charge < -0.3 is 5.32 Å². The van der Waals surface area contributed by atoms with Crippen LogP contribution < -0.4 is 16.6 Å². The summed E-state index contributed by atoms with van der Waals surface area (Å²) in [6.45, 7) is 7.51. The van der Waals surface area contributed by atoms with Crippen molar-refractivity contribution >= 4 is 22.5 Å². The maximum atomic E-state index is 13.1. The standard InChI is InChI=1S/C22H25N3O3/c1-5-15(3)25-21(27)17-10-6-7-12-19(17)24(22(25)28)13-20(26)23-18-11-8-9-14(2)16(18)4/h6-12,15H,5,13H2,1-4H3,(H,23,26)/t15-/m0/s1. The predicted octanol–water partition coefficient (Wildman–Crippen LogP) is 3.39. The molecule has 0 aliphatic carbocycles. The lowest BCUT2D eigenvalue weighted by molar-refractivity contribution is -0.116. The molecule has 0 aliphatic heterocycles. The lowest BCUT2D eigenvalue weighted by Crippen LogP contribution is -2.43.